The van der Waals surface area contributed by atoms with E-state index in [-0.39, 0.29) is 30.0 Å². The molecular formula is C23H33IN4O2. The van der Waals surface area contributed by atoms with Crippen molar-refractivity contribution in [2.45, 2.75) is 12.5 Å². The maximum atomic E-state index is 5.54. The first-order valence-corrected chi connectivity index (χ1v) is 10.2. The van der Waals surface area contributed by atoms with Crippen LogP contribution in [-0.4, -0.2) is 64.4 Å². The smallest absolute Gasteiger partial charge is 0.191 e. The molecule has 0 spiro atoms. The lowest BCUT2D eigenvalue weighted by atomic mass is 10.0. The van der Waals surface area contributed by atoms with Crippen molar-refractivity contribution in [2.75, 3.05) is 53.6 Å². The molecule has 2 aromatic carbocycles. The second kappa shape index (κ2) is 13.5. The molecule has 0 amide bonds. The van der Waals surface area contributed by atoms with Crippen LogP contribution in [0, 0.1) is 0 Å². The van der Waals surface area contributed by atoms with Gasteiger partial charge in [-0.3, -0.25) is 9.89 Å². The molecule has 0 radical (unpaired) electrons. The van der Waals surface area contributed by atoms with Crippen LogP contribution in [0.5, 0.6) is 5.75 Å². The van der Waals surface area contributed by atoms with E-state index in [1.165, 1.54) is 11.1 Å². The molecule has 1 fully saturated rings. The topological polar surface area (TPSA) is 58.1 Å². The highest BCUT2D eigenvalue weighted by molar-refractivity contribution is 14.0. The van der Waals surface area contributed by atoms with Gasteiger partial charge in [0, 0.05) is 33.2 Å². The highest BCUT2D eigenvalue weighted by Crippen LogP contribution is 2.21. The van der Waals surface area contributed by atoms with Crippen molar-refractivity contribution in [2.24, 2.45) is 4.99 Å². The van der Waals surface area contributed by atoms with Crippen molar-refractivity contribution in [1.29, 1.82) is 0 Å². The SMILES string of the molecule is CN=C(NCCc1ccccc1OC)NCC(c1ccccc1)N1CCOCC1.I. The van der Waals surface area contributed by atoms with Gasteiger partial charge in [-0.15, -0.1) is 24.0 Å². The average Bonchev–Trinajstić information content (AvgIpc) is 2.79. The van der Waals surface area contributed by atoms with Crippen molar-refractivity contribution >= 4 is 29.9 Å². The van der Waals surface area contributed by atoms with E-state index in [0.717, 1.165) is 57.5 Å². The number of hydrogen-bond acceptors (Lipinski definition) is 4. The van der Waals surface area contributed by atoms with Crippen LogP contribution in [0.3, 0.4) is 0 Å². The van der Waals surface area contributed by atoms with Crippen LogP contribution in [0.2, 0.25) is 0 Å². The number of ether oxygens (including phenoxy) is 2. The fraction of sp³-hybridized carbons (Fsp3) is 0.435. The second-order valence-corrected chi connectivity index (χ2v) is 7.02. The van der Waals surface area contributed by atoms with Gasteiger partial charge >= 0.3 is 0 Å². The zero-order valence-electron chi connectivity index (χ0n) is 17.8. The van der Waals surface area contributed by atoms with Crippen LogP contribution in [0.25, 0.3) is 0 Å². The average molecular weight is 524 g/mol. The maximum Gasteiger partial charge on any atom is 0.191 e. The number of methoxy groups -OCH3 is 1. The summed E-state index contributed by atoms with van der Waals surface area (Å²) < 4.78 is 11.0. The molecule has 1 saturated heterocycles. The van der Waals surface area contributed by atoms with E-state index in [0.29, 0.717) is 0 Å². The van der Waals surface area contributed by atoms with Gasteiger partial charge < -0.3 is 20.1 Å². The van der Waals surface area contributed by atoms with Gasteiger partial charge in [-0.2, -0.15) is 0 Å². The molecule has 1 heterocycles. The Bertz CT molecular complexity index is 767. The number of hydrogen-bond donors (Lipinski definition) is 2. The molecule has 7 heteroatoms. The first-order chi connectivity index (χ1) is 14.3. The molecular weight excluding hydrogens is 491 g/mol. The Hall–Kier alpha value is -1.84. The Morgan fingerprint density at radius 3 is 2.47 bits per heavy atom. The lowest BCUT2D eigenvalue weighted by Gasteiger charge is -2.35. The molecule has 2 aromatic rings. The molecule has 164 valence electrons. The first-order valence-electron chi connectivity index (χ1n) is 10.2. The van der Waals surface area contributed by atoms with E-state index < -0.39 is 0 Å². The molecule has 0 aliphatic carbocycles. The standard InChI is InChI=1S/C23H32N4O2.HI/c1-24-23(25-13-12-20-10-6-7-11-22(20)28-2)26-18-21(19-8-4-3-5-9-19)27-14-16-29-17-15-27;/h3-11,21H,12-18H2,1-2H3,(H2,24,25,26);1H. The molecule has 1 aliphatic rings. The number of nitrogens with one attached hydrogen (secondary N) is 2. The summed E-state index contributed by atoms with van der Waals surface area (Å²) in [6, 6.07) is 19.1. The predicted octanol–water partition coefficient (Wildman–Crippen LogP) is 3.09. The Labute approximate surface area is 197 Å². The molecule has 6 nitrogen and oxygen atoms in total. The summed E-state index contributed by atoms with van der Waals surface area (Å²) in [6.07, 6.45) is 0.871. The van der Waals surface area contributed by atoms with Crippen LogP contribution in [0.4, 0.5) is 0 Å². The summed E-state index contributed by atoms with van der Waals surface area (Å²) in [5, 5.41) is 6.92. The zero-order valence-corrected chi connectivity index (χ0v) is 20.2. The molecule has 1 unspecified atom stereocenters. The van der Waals surface area contributed by atoms with Gasteiger partial charge in [0.25, 0.3) is 0 Å². The zero-order chi connectivity index (χ0) is 20.3. The number of morpholine rings is 1. The maximum absolute atomic E-state index is 5.54. The monoisotopic (exact) mass is 524 g/mol. The minimum Gasteiger partial charge on any atom is -0.496 e. The summed E-state index contributed by atoms with van der Waals surface area (Å²) in [4.78, 5) is 6.87. The van der Waals surface area contributed by atoms with E-state index in [2.05, 4.69) is 56.9 Å². The summed E-state index contributed by atoms with van der Waals surface area (Å²) in [5.74, 6) is 1.74. The lowest BCUT2D eigenvalue weighted by Crippen LogP contribution is -2.46. The molecule has 0 bridgehead atoms. The fourth-order valence-electron chi connectivity index (χ4n) is 3.66. The third-order valence-corrected chi connectivity index (χ3v) is 5.24. The third kappa shape index (κ3) is 7.14. The molecule has 3 rings (SSSR count). The van der Waals surface area contributed by atoms with Gasteiger partial charge in [-0.1, -0.05) is 48.5 Å². The van der Waals surface area contributed by atoms with Crippen molar-refractivity contribution < 1.29 is 9.47 Å². The highest BCUT2D eigenvalue weighted by atomic mass is 127. The van der Waals surface area contributed by atoms with E-state index in [9.17, 15) is 0 Å². The number of aliphatic imine (C=N–C) groups is 1. The van der Waals surface area contributed by atoms with Crippen LogP contribution in [0.15, 0.2) is 59.6 Å². The quantitative estimate of drug-likeness (QED) is 0.316. The summed E-state index contributed by atoms with van der Waals surface area (Å²) in [7, 11) is 3.52. The van der Waals surface area contributed by atoms with Gasteiger partial charge in [0.15, 0.2) is 5.96 Å². The number of halogens is 1. The van der Waals surface area contributed by atoms with Crippen molar-refractivity contribution in [3.63, 3.8) is 0 Å². The molecule has 1 aliphatic heterocycles. The minimum atomic E-state index is 0. The Kier molecular flexibility index (Phi) is 11.0. The van der Waals surface area contributed by atoms with Crippen molar-refractivity contribution in [3.8, 4) is 5.75 Å². The van der Waals surface area contributed by atoms with Gasteiger partial charge in [-0.25, -0.2) is 0 Å². The largest absolute Gasteiger partial charge is 0.496 e. The van der Waals surface area contributed by atoms with Crippen molar-refractivity contribution in [3.05, 3.63) is 65.7 Å². The number of rotatable bonds is 8. The van der Waals surface area contributed by atoms with E-state index in [4.69, 9.17) is 9.47 Å². The number of benzene rings is 2. The molecule has 2 N–H and O–H groups in total. The predicted molar refractivity (Wildman–Crippen MR) is 133 cm³/mol. The van der Waals surface area contributed by atoms with Gasteiger partial charge in [0.05, 0.1) is 26.4 Å². The normalized spacial score (nSPS) is 15.7. The summed E-state index contributed by atoms with van der Waals surface area (Å²) >= 11 is 0. The Morgan fingerprint density at radius 2 is 1.77 bits per heavy atom. The van der Waals surface area contributed by atoms with E-state index in [1.54, 1.807) is 7.11 Å². The molecule has 1 atom stereocenters. The van der Waals surface area contributed by atoms with E-state index >= 15 is 0 Å². The van der Waals surface area contributed by atoms with Gasteiger partial charge in [0.1, 0.15) is 5.75 Å². The number of guanidine groups is 1. The second-order valence-electron chi connectivity index (χ2n) is 7.02. The van der Waals surface area contributed by atoms with Gasteiger partial charge in [-0.05, 0) is 23.6 Å². The van der Waals surface area contributed by atoms with Crippen LogP contribution >= 0.6 is 24.0 Å². The Morgan fingerprint density at radius 1 is 1.07 bits per heavy atom. The fourth-order valence-corrected chi connectivity index (χ4v) is 3.66. The van der Waals surface area contributed by atoms with Crippen LogP contribution < -0.4 is 15.4 Å². The first kappa shape index (κ1) is 24.4. The number of nitrogens with zero attached hydrogens (tertiary/aromatic N) is 2. The molecule has 0 aromatic heterocycles. The van der Waals surface area contributed by atoms with Gasteiger partial charge in [0.2, 0.25) is 0 Å². The summed E-state index contributed by atoms with van der Waals surface area (Å²) in [5.41, 5.74) is 2.50. The Balaban J connectivity index is 0.00000320. The molecule has 30 heavy (non-hydrogen) atoms. The van der Waals surface area contributed by atoms with Crippen LogP contribution in [-0.2, 0) is 11.2 Å². The third-order valence-electron chi connectivity index (χ3n) is 5.24. The molecule has 0 saturated carbocycles. The van der Waals surface area contributed by atoms with Crippen LogP contribution in [0.1, 0.15) is 17.2 Å². The number of para-hydroxylation sites is 1. The van der Waals surface area contributed by atoms with E-state index in [1.807, 2.05) is 25.2 Å². The highest BCUT2D eigenvalue weighted by Gasteiger charge is 2.22. The minimum absolute atomic E-state index is 0. The lowest BCUT2D eigenvalue weighted by molar-refractivity contribution is 0.0170. The summed E-state index contributed by atoms with van der Waals surface area (Å²) in [6.45, 7) is 5.04. The van der Waals surface area contributed by atoms with Crippen molar-refractivity contribution in [1.82, 2.24) is 15.5 Å².